The van der Waals surface area contributed by atoms with Gasteiger partial charge in [-0.3, -0.25) is 0 Å². The maximum atomic E-state index is 3.74. The van der Waals surface area contributed by atoms with E-state index in [0.29, 0.717) is 0 Å². The second-order valence-electron chi connectivity index (χ2n) is 6.00. The average molecular weight is 323 g/mol. The van der Waals surface area contributed by atoms with Gasteiger partial charge in [-0.05, 0) is 39.1 Å². The van der Waals surface area contributed by atoms with Crippen LogP contribution in [-0.2, 0) is 5.41 Å². The van der Waals surface area contributed by atoms with E-state index in [4.69, 9.17) is 0 Å². The van der Waals surface area contributed by atoms with E-state index in [9.17, 15) is 0 Å². The average Bonchev–Trinajstić information content (AvgIpc) is 2.68. The summed E-state index contributed by atoms with van der Waals surface area (Å²) in [7, 11) is 0. The van der Waals surface area contributed by atoms with Gasteiger partial charge in [-0.25, -0.2) is 0 Å². The van der Waals surface area contributed by atoms with Gasteiger partial charge in [-0.1, -0.05) is 78.3 Å². The smallest absolute Gasteiger partial charge is 0.0260 e. The van der Waals surface area contributed by atoms with E-state index in [1.165, 1.54) is 37.5 Å². The minimum absolute atomic E-state index is 0.0617. The number of hydrogen-bond donors (Lipinski definition) is 0. The normalized spacial score (nSPS) is 15.2. The van der Waals surface area contributed by atoms with E-state index in [0.717, 1.165) is 0 Å². The summed E-state index contributed by atoms with van der Waals surface area (Å²) in [5, 5.41) is 2.66. The molecule has 1 aliphatic carbocycles. The minimum Gasteiger partial charge on any atom is -0.0619 e. The van der Waals surface area contributed by atoms with Gasteiger partial charge in [0.05, 0.1) is 0 Å². The monoisotopic (exact) mass is 322 g/mol. The lowest BCUT2D eigenvalue weighted by molar-refractivity contribution is 0.666. The fourth-order valence-corrected chi connectivity index (χ4v) is 4.19. The molecular weight excluding hydrogens is 308 g/mol. The van der Waals surface area contributed by atoms with Crippen LogP contribution in [0.1, 0.15) is 25.0 Å². The van der Waals surface area contributed by atoms with Crippen molar-refractivity contribution in [1.29, 1.82) is 0 Å². The van der Waals surface area contributed by atoms with Gasteiger partial charge in [-0.2, -0.15) is 0 Å². The molecule has 4 rings (SSSR count). The van der Waals surface area contributed by atoms with Crippen LogP contribution < -0.4 is 0 Å². The van der Waals surface area contributed by atoms with Gasteiger partial charge in [0.15, 0.2) is 0 Å². The summed E-state index contributed by atoms with van der Waals surface area (Å²) in [5.41, 5.74) is 5.69. The molecule has 0 heterocycles. The van der Waals surface area contributed by atoms with Crippen molar-refractivity contribution >= 4 is 26.7 Å². The molecule has 0 saturated carbocycles. The molecule has 0 bridgehead atoms. The van der Waals surface area contributed by atoms with Gasteiger partial charge in [0.2, 0.25) is 0 Å². The van der Waals surface area contributed by atoms with Crippen molar-refractivity contribution in [2.45, 2.75) is 19.3 Å². The van der Waals surface area contributed by atoms with Gasteiger partial charge in [-0.15, -0.1) is 0 Å². The molecule has 0 nitrogen and oxygen atoms in total. The quantitative estimate of drug-likeness (QED) is 0.482. The van der Waals surface area contributed by atoms with Crippen molar-refractivity contribution < 1.29 is 0 Å². The van der Waals surface area contributed by atoms with Gasteiger partial charge in [0, 0.05) is 9.89 Å². The largest absolute Gasteiger partial charge is 0.0619 e. The van der Waals surface area contributed by atoms with Crippen molar-refractivity contribution in [2.24, 2.45) is 0 Å². The predicted molar refractivity (Wildman–Crippen MR) is 89.2 cm³/mol. The zero-order chi connectivity index (χ0) is 13.9. The van der Waals surface area contributed by atoms with E-state index < -0.39 is 0 Å². The SMILES string of the molecule is CC1(C)c2ccccc2-c2cc(Br)c3ccccc3c21. The highest BCUT2D eigenvalue weighted by molar-refractivity contribution is 9.10. The number of benzene rings is 3. The zero-order valence-electron chi connectivity index (χ0n) is 11.6. The van der Waals surface area contributed by atoms with Gasteiger partial charge >= 0.3 is 0 Å². The Morgan fingerprint density at radius 2 is 1.45 bits per heavy atom. The Hall–Kier alpha value is -1.60. The first kappa shape index (κ1) is 12.2. The predicted octanol–water partition coefficient (Wildman–Crippen LogP) is 5.91. The standard InChI is InChI=1S/C19H15Br/c1-19(2)16-10-6-5-7-12(16)15-11-17(20)13-8-3-4-9-14(13)18(15)19/h3-11H,1-2H3. The Kier molecular flexibility index (Phi) is 2.41. The number of hydrogen-bond acceptors (Lipinski definition) is 0. The topological polar surface area (TPSA) is 0 Å². The van der Waals surface area contributed by atoms with E-state index in [-0.39, 0.29) is 5.41 Å². The van der Waals surface area contributed by atoms with Crippen LogP contribution in [0.2, 0.25) is 0 Å². The van der Waals surface area contributed by atoms with Crippen LogP contribution in [0.3, 0.4) is 0 Å². The molecule has 0 N–H and O–H groups in total. The van der Waals surface area contributed by atoms with Crippen LogP contribution in [0.15, 0.2) is 59.1 Å². The Balaban J connectivity index is 2.23. The van der Waals surface area contributed by atoms with Crippen molar-refractivity contribution in [3.05, 3.63) is 70.2 Å². The maximum Gasteiger partial charge on any atom is 0.0260 e. The van der Waals surface area contributed by atoms with E-state index >= 15 is 0 Å². The fraction of sp³-hybridized carbons (Fsp3) is 0.158. The summed E-state index contributed by atoms with van der Waals surface area (Å²) in [5.74, 6) is 0. The van der Waals surface area contributed by atoms with E-state index in [1.807, 2.05) is 0 Å². The molecule has 3 aromatic carbocycles. The molecule has 0 aromatic heterocycles. The summed E-state index contributed by atoms with van der Waals surface area (Å²) in [6.45, 7) is 4.66. The Labute approximate surface area is 127 Å². The van der Waals surface area contributed by atoms with Crippen LogP contribution >= 0.6 is 15.9 Å². The lowest BCUT2D eigenvalue weighted by Gasteiger charge is -2.23. The molecule has 0 saturated heterocycles. The number of rotatable bonds is 0. The van der Waals surface area contributed by atoms with Crippen LogP contribution in [0.4, 0.5) is 0 Å². The van der Waals surface area contributed by atoms with Crippen LogP contribution in [-0.4, -0.2) is 0 Å². The molecule has 98 valence electrons. The molecular formula is C19H15Br. The lowest BCUT2D eigenvalue weighted by atomic mass is 9.80. The Morgan fingerprint density at radius 1 is 0.800 bits per heavy atom. The fourth-order valence-electron chi connectivity index (χ4n) is 3.61. The molecule has 1 heteroatoms. The molecule has 0 amide bonds. The van der Waals surface area contributed by atoms with Crippen LogP contribution in [0.5, 0.6) is 0 Å². The third kappa shape index (κ3) is 1.42. The highest BCUT2D eigenvalue weighted by Gasteiger charge is 2.36. The zero-order valence-corrected chi connectivity index (χ0v) is 13.2. The van der Waals surface area contributed by atoms with Crippen molar-refractivity contribution in [1.82, 2.24) is 0 Å². The molecule has 3 aromatic rings. The van der Waals surface area contributed by atoms with E-state index in [1.54, 1.807) is 0 Å². The summed E-state index contributed by atoms with van der Waals surface area (Å²) in [6, 6.07) is 19.7. The molecule has 0 fully saturated rings. The molecule has 20 heavy (non-hydrogen) atoms. The summed E-state index contributed by atoms with van der Waals surface area (Å²) < 4.78 is 1.18. The molecule has 1 aliphatic rings. The van der Waals surface area contributed by atoms with Crippen LogP contribution in [0.25, 0.3) is 21.9 Å². The number of halogens is 1. The molecule has 0 aliphatic heterocycles. The van der Waals surface area contributed by atoms with Crippen molar-refractivity contribution in [3.8, 4) is 11.1 Å². The van der Waals surface area contributed by atoms with Crippen molar-refractivity contribution in [3.63, 3.8) is 0 Å². The summed E-state index contributed by atoms with van der Waals surface area (Å²) in [6.07, 6.45) is 0. The second-order valence-corrected chi connectivity index (χ2v) is 6.85. The maximum absolute atomic E-state index is 3.74. The third-order valence-corrected chi connectivity index (χ3v) is 5.17. The van der Waals surface area contributed by atoms with Gasteiger partial charge < -0.3 is 0 Å². The highest BCUT2D eigenvalue weighted by atomic mass is 79.9. The minimum atomic E-state index is 0.0617. The lowest BCUT2D eigenvalue weighted by Crippen LogP contribution is -2.15. The van der Waals surface area contributed by atoms with Crippen LogP contribution in [0, 0.1) is 0 Å². The Bertz CT molecular complexity index is 844. The van der Waals surface area contributed by atoms with Gasteiger partial charge in [0.1, 0.15) is 0 Å². The first-order chi connectivity index (χ1) is 9.60. The first-order valence-corrected chi connectivity index (χ1v) is 7.71. The molecule has 0 unspecified atom stereocenters. The molecule has 0 spiro atoms. The number of fused-ring (bicyclic) bond motifs is 5. The highest BCUT2D eigenvalue weighted by Crippen LogP contribution is 2.52. The molecule has 0 radical (unpaired) electrons. The van der Waals surface area contributed by atoms with Gasteiger partial charge in [0.25, 0.3) is 0 Å². The Morgan fingerprint density at radius 3 is 2.25 bits per heavy atom. The second kappa shape index (κ2) is 3.95. The third-order valence-electron chi connectivity index (χ3n) is 4.51. The summed E-state index contributed by atoms with van der Waals surface area (Å²) in [4.78, 5) is 0. The van der Waals surface area contributed by atoms with E-state index in [2.05, 4.69) is 84.4 Å². The first-order valence-electron chi connectivity index (χ1n) is 6.92. The molecule has 0 atom stereocenters. The summed E-state index contributed by atoms with van der Waals surface area (Å²) >= 11 is 3.74. The van der Waals surface area contributed by atoms with Crippen molar-refractivity contribution in [2.75, 3.05) is 0 Å².